The Morgan fingerprint density at radius 2 is 1.56 bits per heavy atom. The summed E-state index contributed by atoms with van der Waals surface area (Å²) in [7, 11) is 0. The molecule has 1 heterocycles. The maximum Gasteiger partial charge on any atom is 0.435 e. The molecule has 0 atom stereocenters. The van der Waals surface area contributed by atoms with Crippen molar-refractivity contribution < 1.29 is 28.5 Å². The average Bonchev–Trinajstić information content (AvgIpc) is 2.36. The van der Waals surface area contributed by atoms with E-state index in [1.165, 1.54) is 0 Å². The number of nitrogens with one attached hydrogen (secondary N) is 1. The number of hydrogen-bond acceptors (Lipinski definition) is 6. The number of halogens is 3. The Morgan fingerprint density at radius 3 is 1.89 bits per heavy atom. The lowest BCUT2D eigenvalue weighted by Crippen LogP contribution is -2.49. The second-order valence-electron chi connectivity index (χ2n) is 3.68. The van der Waals surface area contributed by atoms with Gasteiger partial charge in [0.05, 0.1) is 19.8 Å². The lowest BCUT2D eigenvalue weighted by molar-refractivity contribution is -0.141. The molecule has 1 aromatic heterocycles. The fraction of sp³-hybridized carbons (Fsp3) is 0.556. The zero-order chi connectivity index (χ0) is 13.8. The van der Waals surface area contributed by atoms with E-state index in [2.05, 4.69) is 15.5 Å². The van der Waals surface area contributed by atoms with E-state index in [9.17, 15) is 13.2 Å². The molecule has 0 aromatic carbocycles. The Balaban J connectivity index is 2.86. The normalized spacial score (nSPS) is 12.6. The summed E-state index contributed by atoms with van der Waals surface area (Å²) < 4.78 is 36.6. The Bertz CT molecular complexity index is 371. The Hall–Kier alpha value is -1.45. The SMILES string of the molecule is OCC(CO)(CO)Nc1ccc(C(F)(F)F)nn1. The van der Waals surface area contributed by atoms with Gasteiger partial charge in [-0.1, -0.05) is 0 Å². The van der Waals surface area contributed by atoms with Crippen LogP contribution in [0.5, 0.6) is 0 Å². The molecule has 18 heavy (non-hydrogen) atoms. The fourth-order valence-corrected chi connectivity index (χ4v) is 1.09. The summed E-state index contributed by atoms with van der Waals surface area (Å²) in [6.07, 6.45) is -4.59. The molecule has 9 heteroatoms. The van der Waals surface area contributed by atoms with Gasteiger partial charge in [-0.05, 0) is 12.1 Å². The van der Waals surface area contributed by atoms with Crippen molar-refractivity contribution >= 4 is 5.82 Å². The van der Waals surface area contributed by atoms with Crippen LogP contribution in [0.1, 0.15) is 5.69 Å². The summed E-state index contributed by atoms with van der Waals surface area (Å²) in [6, 6.07) is 1.69. The van der Waals surface area contributed by atoms with Gasteiger partial charge in [-0.25, -0.2) is 0 Å². The van der Waals surface area contributed by atoms with Crippen molar-refractivity contribution in [2.45, 2.75) is 11.7 Å². The molecule has 0 aliphatic rings. The minimum Gasteiger partial charge on any atom is -0.394 e. The van der Waals surface area contributed by atoms with Gasteiger partial charge in [0.2, 0.25) is 0 Å². The molecule has 0 unspecified atom stereocenters. The van der Waals surface area contributed by atoms with E-state index in [1.54, 1.807) is 0 Å². The third-order valence-corrected chi connectivity index (χ3v) is 2.26. The van der Waals surface area contributed by atoms with Crippen LogP contribution in [-0.2, 0) is 6.18 Å². The lowest BCUT2D eigenvalue weighted by Gasteiger charge is -2.28. The molecule has 6 nitrogen and oxygen atoms in total. The van der Waals surface area contributed by atoms with Gasteiger partial charge in [-0.15, -0.1) is 10.2 Å². The van der Waals surface area contributed by atoms with Crippen molar-refractivity contribution in [2.75, 3.05) is 25.1 Å². The molecule has 0 aliphatic heterocycles. The summed E-state index contributed by atoms with van der Waals surface area (Å²) in [6.45, 7) is -1.87. The predicted molar refractivity (Wildman–Crippen MR) is 54.6 cm³/mol. The van der Waals surface area contributed by atoms with Crippen molar-refractivity contribution in [3.8, 4) is 0 Å². The monoisotopic (exact) mass is 267 g/mol. The Labute approximate surface area is 100 Å². The van der Waals surface area contributed by atoms with E-state index in [1.807, 2.05) is 0 Å². The van der Waals surface area contributed by atoms with Crippen molar-refractivity contribution in [3.63, 3.8) is 0 Å². The third kappa shape index (κ3) is 3.28. The summed E-state index contributed by atoms with van der Waals surface area (Å²) in [4.78, 5) is 0. The van der Waals surface area contributed by atoms with Gasteiger partial charge in [-0.2, -0.15) is 13.2 Å². The number of nitrogens with zero attached hydrogens (tertiary/aromatic N) is 2. The Kier molecular flexibility index (Phi) is 4.43. The number of aliphatic hydroxyl groups is 3. The predicted octanol–water partition coefficient (Wildman–Crippen LogP) is -0.377. The van der Waals surface area contributed by atoms with E-state index >= 15 is 0 Å². The second kappa shape index (κ2) is 5.46. The molecule has 102 valence electrons. The van der Waals surface area contributed by atoms with Crippen LogP contribution in [0, 0.1) is 0 Å². The van der Waals surface area contributed by atoms with Crippen LogP contribution in [0.4, 0.5) is 19.0 Å². The molecular weight excluding hydrogens is 255 g/mol. The first kappa shape index (κ1) is 14.6. The lowest BCUT2D eigenvalue weighted by atomic mass is 10.0. The van der Waals surface area contributed by atoms with Crippen molar-refractivity contribution in [2.24, 2.45) is 0 Å². The molecule has 0 radical (unpaired) electrons. The first-order valence-electron chi connectivity index (χ1n) is 4.88. The number of rotatable bonds is 5. The second-order valence-corrected chi connectivity index (χ2v) is 3.68. The molecule has 0 aliphatic carbocycles. The van der Waals surface area contributed by atoms with Gasteiger partial charge >= 0.3 is 6.18 Å². The molecule has 0 spiro atoms. The molecule has 0 saturated carbocycles. The van der Waals surface area contributed by atoms with Gasteiger partial charge in [0.25, 0.3) is 0 Å². The minimum absolute atomic E-state index is 0.0971. The van der Waals surface area contributed by atoms with Gasteiger partial charge < -0.3 is 20.6 Å². The van der Waals surface area contributed by atoms with Gasteiger partial charge in [0.15, 0.2) is 5.69 Å². The number of alkyl halides is 3. The summed E-state index contributed by atoms with van der Waals surface area (Å²) in [5, 5.41) is 35.7. The van der Waals surface area contributed by atoms with Gasteiger partial charge in [0.1, 0.15) is 11.4 Å². The molecule has 1 aromatic rings. The molecule has 4 N–H and O–H groups in total. The van der Waals surface area contributed by atoms with E-state index in [4.69, 9.17) is 15.3 Å². The van der Waals surface area contributed by atoms with Crippen LogP contribution in [0.2, 0.25) is 0 Å². The largest absolute Gasteiger partial charge is 0.435 e. The number of aliphatic hydroxyl groups excluding tert-OH is 3. The van der Waals surface area contributed by atoms with Crippen LogP contribution in [0.3, 0.4) is 0 Å². The zero-order valence-corrected chi connectivity index (χ0v) is 9.15. The van der Waals surface area contributed by atoms with Gasteiger partial charge in [-0.3, -0.25) is 0 Å². The maximum absolute atomic E-state index is 12.2. The number of anilines is 1. The quantitative estimate of drug-likeness (QED) is 0.580. The van der Waals surface area contributed by atoms with Crippen LogP contribution in [0.25, 0.3) is 0 Å². The molecular formula is C9H12F3N3O3. The highest BCUT2D eigenvalue weighted by Crippen LogP contribution is 2.27. The van der Waals surface area contributed by atoms with E-state index in [0.29, 0.717) is 6.07 Å². The molecule has 0 saturated heterocycles. The smallest absolute Gasteiger partial charge is 0.394 e. The first-order valence-corrected chi connectivity index (χ1v) is 4.88. The minimum atomic E-state index is -4.59. The highest BCUT2D eigenvalue weighted by Gasteiger charge is 2.33. The summed E-state index contributed by atoms with van der Waals surface area (Å²) in [5.74, 6) is -0.0971. The first-order chi connectivity index (χ1) is 8.37. The molecule has 0 amide bonds. The molecule has 1 rings (SSSR count). The van der Waals surface area contributed by atoms with Gasteiger partial charge in [0, 0.05) is 0 Å². The topological polar surface area (TPSA) is 98.5 Å². The molecule has 0 bridgehead atoms. The van der Waals surface area contributed by atoms with E-state index < -0.39 is 37.2 Å². The summed E-state index contributed by atoms with van der Waals surface area (Å²) >= 11 is 0. The number of hydrogen-bond donors (Lipinski definition) is 4. The van der Waals surface area contributed by atoms with Crippen molar-refractivity contribution in [1.82, 2.24) is 10.2 Å². The fourth-order valence-electron chi connectivity index (χ4n) is 1.09. The number of aromatic nitrogens is 2. The van der Waals surface area contributed by atoms with Crippen LogP contribution in [0.15, 0.2) is 12.1 Å². The van der Waals surface area contributed by atoms with Crippen LogP contribution >= 0.6 is 0 Å². The van der Waals surface area contributed by atoms with Crippen LogP contribution < -0.4 is 5.32 Å². The highest BCUT2D eigenvalue weighted by molar-refractivity contribution is 5.37. The summed E-state index contributed by atoms with van der Waals surface area (Å²) in [5.41, 5.74) is -2.62. The molecule has 0 fully saturated rings. The maximum atomic E-state index is 12.2. The van der Waals surface area contributed by atoms with Crippen LogP contribution in [-0.4, -0.2) is 50.9 Å². The van der Waals surface area contributed by atoms with E-state index in [-0.39, 0.29) is 5.82 Å². The standard InChI is InChI=1S/C9H12F3N3O3/c10-9(11,12)6-1-2-7(15-14-6)13-8(3-16,4-17)5-18/h1-2,16-18H,3-5H2,(H,13,15). The van der Waals surface area contributed by atoms with Crippen molar-refractivity contribution in [3.05, 3.63) is 17.8 Å². The third-order valence-electron chi connectivity index (χ3n) is 2.26. The Morgan fingerprint density at radius 1 is 1.00 bits per heavy atom. The van der Waals surface area contributed by atoms with Crippen molar-refractivity contribution in [1.29, 1.82) is 0 Å². The zero-order valence-electron chi connectivity index (χ0n) is 9.15. The highest BCUT2D eigenvalue weighted by atomic mass is 19.4. The average molecular weight is 267 g/mol. The van der Waals surface area contributed by atoms with E-state index in [0.717, 1.165) is 6.07 Å².